The number of hydrogen-bond donors (Lipinski definition) is 2. The van der Waals surface area contributed by atoms with Crippen LogP contribution in [0.1, 0.15) is 78.6 Å². The van der Waals surface area contributed by atoms with Gasteiger partial charge in [0.25, 0.3) is 0 Å². The summed E-state index contributed by atoms with van der Waals surface area (Å²) in [5.41, 5.74) is -1.09. The SMILES string of the molecule is CCCCC(C)C(C)(O)C12CC3CC(CC(O)(C3)C1)C2. The van der Waals surface area contributed by atoms with Crippen LogP contribution in [-0.4, -0.2) is 21.4 Å². The summed E-state index contributed by atoms with van der Waals surface area (Å²) < 4.78 is 0. The highest BCUT2D eigenvalue weighted by atomic mass is 16.3. The number of unbranched alkanes of at least 4 members (excludes halogenated alkanes) is 1. The lowest BCUT2D eigenvalue weighted by Gasteiger charge is -2.65. The molecule has 4 saturated carbocycles. The quantitative estimate of drug-likeness (QED) is 0.802. The molecule has 4 aliphatic carbocycles. The van der Waals surface area contributed by atoms with Crippen LogP contribution in [0, 0.1) is 23.2 Å². The molecule has 0 aromatic rings. The molecular weight excluding hydrogens is 248 g/mol. The van der Waals surface area contributed by atoms with Gasteiger partial charge < -0.3 is 10.2 Å². The molecule has 4 rings (SSSR count). The lowest BCUT2D eigenvalue weighted by molar-refractivity contribution is -0.238. The van der Waals surface area contributed by atoms with Gasteiger partial charge in [-0.3, -0.25) is 0 Å². The summed E-state index contributed by atoms with van der Waals surface area (Å²) >= 11 is 0. The van der Waals surface area contributed by atoms with E-state index >= 15 is 0 Å². The molecule has 0 aromatic heterocycles. The van der Waals surface area contributed by atoms with Crippen LogP contribution < -0.4 is 0 Å². The minimum Gasteiger partial charge on any atom is -0.390 e. The Morgan fingerprint density at radius 1 is 1.20 bits per heavy atom. The minimum absolute atomic E-state index is 0.0149. The van der Waals surface area contributed by atoms with E-state index in [9.17, 15) is 10.2 Å². The molecule has 2 N–H and O–H groups in total. The van der Waals surface area contributed by atoms with Crippen molar-refractivity contribution in [2.24, 2.45) is 23.2 Å². The van der Waals surface area contributed by atoms with E-state index in [0.717, 1.165) is 38.5 Å². The van der Waals surface area contributed by atoms with Crippen LogP contribution in [0.25, 0.3) is 0 Å². The topological polar surface area (TPSA) is 40.5 Å². The first-order chi connectivity index (χ1) is 9.30. The zero-order valence-corrected chi connectivity index (χ0v) is 13.5. The number of aliphatic hydroxyl groups is 2. The summed E-state index contributed by atoms with van der Waals surface area (Å²) in [6.45, 7) is 6.51. The van der Waals surface area contributed by atoms with Gasteiger partial charge in [0.2, 0.25) is 0 Å². The fraction of sp³-hybridized carbons (Fsp3) is 1.00. The van der Waals surface area contributed by atoms with Crippen molar-refractivity contribution in [3.8, 4) is 0 Å². The summed E-state index contributed by atoms with van der Waals surface area (Å²) in [7, 11) is 0. The summed E-state index contributed by atoms with van der Waals surface area (Å²) in [6.07, 6.45) is 9.92. The van der Waals surface area contributed by atoms with Gasteiger partial charge >= 0.3 is 0 Å². The van der Waals surface area contributed by atoms with Crippen LogP contribution in [0.4, 0.5) is 0 Å². The van der Waals surface area contributed by atoms with Gasteiger partial charge in [0, 0.05) is 5.41 Å². The van der Waals surface area contributed by atoms with Crippen molar-refractivity contribution in [3.63, 3.8) is 0 Å². The van der Waals surface area contributed by atoms with Crippen molar-refractivity contribution in [1.82, 2.24) is 0 Å². The highest BCUT2D eigenvalue weighted by molar-refractivity contribution is 5.14. The molecule has 0 saturated heterocycles. The smallest absolute Gasteiger partial charge is 0.0702 e. The molecule has 0 radical (unpaired) electrons. The molecule has 4 aliphatic rings. The first kappa shape index (κ1) is 14.8. The molecule has 116 valence electrons. The molecule has 0 amide bonds. The lowest BCUT2D eigenvalue weighted by atomic mass is 9.43. The molecule has 4 unspecified atom stereocenters. The maximum Gasteiger partial charge on any atom is 0.0702 e. The summed E-state index contributed by atoms with van der Waals surface area (Å²) in [4.78, 5) is 0. The van der Waals surface area contributed by atoms with Crippen molar-refractivity contribution in [2.75, 3.05) is 0 Å². The van der Waals surface area contributed by atoms with E-state index in [4.69, 9.17) is 0 Å². The highest BCUT2D eigenvalue weighted by Gasteiger charge is 2.63. The summed E-state index contributed by atoms with van der Waals surface area (Å²) in [5.74, 6) is 1.65. The Bertz CT molecular complexity index is 360. The van der Waals surface area contributed by atoms with E-state index in [1.54, 1.807) is 0 Å². The van der Waals surface area contributed by atoms with Crippen molar-refractivity contribution >= 4 is 0 Å². The normalized spacial score (nSPS) is 47.2. The molecular formula is C18H32O2. The third-order valence-electron chi connectivity index (χ3n) is 7.05. The van der Waals surface area contributed by atoms with Crippen LogP contribution in [0.3, 0.4) is 0 Å². The molecule has 4 atom stereocenters. The number of rotatable bonds is 5. The second-order valence-electron chi connectivity index (χ2n) is 8.66. The Kier molecular flexibility index (Phi) is 3.49. The predicted octanol–water partition coefficient (Wildman–Crippen LogP) is 3.90. The Hall–Kier alpha value is -0.0800. The number of hydrogen-bond acceptors (Lipinski definition) is 2. The Morgan fingerprint density at radius 3 is 2.30 bits per heavy atom. The lowest BCUT2D eigenvalue weighted by Crippen LogP contribution is -2.64. The van der Waals surface area contributed by atoms with Gasteiger partial charge in [0.05, 0.1) is 11.2 Å². The largest absolute Gasteiger partial charge is 0.390 e. The van der Waals surface area contributed by atoms with Crippen molar-refractivity contribution < 1.29 is 10.2 Å². The molecule has 0 heterocycles. The molecule has 0 aromatic carbocycles. The average Bonchev–Trinajstić information content (AvgIpc) is 2.32. The second-order valence-corrected chi connectivity index (χ2v) is 8.66. The van der Waals surface area contributed by atoms with Crippen LogP contribution >= 0.6 is 0 Å². The van der Waals surface area contributed by atoms with Gasteiger partial charge in [0.15, 0.2) is 0 Å². The van der Waals surface area contributed by atoms with Crippen molar-refractivity contribution in [1.29, 1.82) is 0 Å². The van der Waals surface area contributed by atoms with Crippen molar-refractivity contribution in [3.05, 3.63) is 0 Å². The van der Waals surface area contributed by atoms with E-state index < -0.39 is 11.2 Å². The van der Waals surface area contributed by atoms with Gasteiger partial charge in [-0.1, -0.05) is 26.7 Å². The predicted molar refractivity (Wildman–Crippen MR) is 81.4 cm³/mol. The zero-order chi connectivity index (χ0) is 14.6. The van der Waals surface area contributed by atoms with E-state index in [2.05, 4.69) is 20.8 Å². The van der Waals surface area contributed by atoms with Gasteiger partial charge in [0.1, 0.15) is 0 Å². The average molecular weight is 280 g/mol. The molecule has 0 aliphatic heterocycles. The van der Waals surface area contributed by atoms with E-state index in [-0.39, 0.29) is 5.41 Å². The monoisotopic (exact) mass is 280 g/mol. The van der Waals surface area contributed by atoms with Crippen LogP contribution in [0.15, 0.2) is 0 Å². The van der Waals surface area contributed by atoms with Gasteiger partial charge in [-0.2, -0.15) is 0 Å². The van der Waals surface area contributed by atoms with E-state index in [0.29, 0.717) is 17.8 Å². The van der Waals surface area contributed by atoms with Crippen molar-refractivity contribution in [2.45, 2.75) is 89.8 Å². The fourth-order valence-electron chi connectivity index (χ4n) is 6.12. The standard InChI is InChI=1S/C18H32O2/c1-4-5-6-13(2)16(3,19)17-8-14-7-15(9-17)11-18(20,10-14)12-17/h13-15,19-20H,4-12H2,1-3H3. The van der Waals surface area contributed by atoms with Gasteiger partial charge in [-0.15, -0.1) is 0 Å². The zero-order valence-electron chi connectivity index (χ0n) is 13.5. The molecule has 0 spiro atoms. The Morgan fingerprint density at radius 2 is 1.80 bits per heavy atom. The molecule has 2 nitrogen and oxygen atoms in total. The summed E-state index contributed by atoms with van der Waals surface area (Å²) in [5, 5.41) is 22.3. The first-order valence-corrected chi connectivity index (χ1v) is 8.75. The maximum absolute atomic E-state index is 11.4. The Balaban J connectivity index is 1.84. The maximum atomic E-state index is 11.4. The van der Waals surface area contributed by atoms with E-state index in [1.807, 2.05) is 0 Å². The van der Waals surface area contributed by atoms with Gasteiger partial charge in [-0.05, 0) is 69.6 Å². The van der Waals surface area contributed by atoms with Crippen LogP contribution in [0.2, 0.25) is 0 Å². The van der Waals surface area contributed by atoms with E-state index in [1.165, 1.54) is 19.3 Å². The highest BCUT2D eigenvalue weighted by Crippen LogP contribution is 2.66. The first-order valence-electron chi connectivity index (χ1n) is 8.75. The summed E-state index contributed by atoms with van der Waals surface area (Å²) in [6, 6.07) is 0. The Labute approximate surface area is 124 Å². The fourth-order valence-corrected chi connectivity index (χ4v) is 6.12. The third-order valence-corrected chi connectivity index (χ3v) is 7.05. The molecule has 4 fully saturated rings. The molecule has 2 heteroatoms. The minimum atomic E-state index is -0.617. The second kappa shape index (κ2) is 4.71. The molecule has 20 heavy (non-hydrogen) atoms. The third kappa shape index (κ3) is 2.14. The van der Waals surface area contributed by atoms with Crippen LogP contribution in [-0.2, 0) is 0 Å². The molecule has 4 bridgehead atoms. The van der Waals surface area contributed by atoms with Gasteiger partial charge in [-0.25, -0.2) is 0 Å². The van der Waals surface area contributed by atoms with Crippen LogP contribution in [0.5, 0.6) is 0 Å².